The van der Waals surface area contributed by atoms with E-state index in [0.29, 0.717) is 35.4 Å². The first-order valence-corrected chi connectivity index (χ1v) is 9.89. The number of anilines is 2. The molecule has 30 heavy (non-hydrogen) atoms. The molecule has 0 radical (unpaired) electrons. The SMILES string of the molecule is C=CCN1C(=S)N(c2ccc(OCC)cc2)C(=O)C1CC(=O)Nc1ccc(F)cc1. The lowest BCUT2D eigenvalue weighted by Crippen LogP contribution is -2.37. The van der Waals surface area contributed by atoms with Crippen molar-refractivity contribution in [3.05, 3.63) is 67.0 Å². The van der Waals surface area contributed by atoms with Crippen molar-refractivity contribution in [3.63, 3.8) is 0 Å². The molecular weight excluding hydrogens is 405 g/mol. The second-order valence-corrected chi connectivity index (χ2v) is 6.96. The van der Waals surface area contributed by atoms with Crippen LogP contribution >= 0.6 is 12.2 Å². The van der Waals surface area contributed by atoms with E-state index in [9.17, 15) is 14.0 Å². The third-order valence-electron chi connectivity index (χ3n) is 4.56. The van der Waals surface area contributed by atoms with E-state index in [4.69, 9.17) is 17.0 Å². The molecule has 2 aromatic rings. The van der Waals surface area contributed by atoms with Crippen LogP contribution in [0.25, 0.3) is 0 Å². The largest absolute Gasteiger partial charge is 0.494 e. The maximum Gasteiger partial charge on any atom is 0.256 e. The summed E-state index contributed by atoms with van der Waals surface area (Å²) in [6, 6.07) is 11.7. The first kappa shape index (κ1) is 21.4. The van der Waals surface area contributed by atoms with E-state index < -0.39 is 11.9 Å². The molecule has 0 aromatic heterocycles. The summed E-state index contributed by atoms with van der Waals surface area (Å²) in [5.74, 6) is -0.366. The van der Waals surface area contributed by atoms with Gasteiger partial charge in [0.05, 0.1) is 18.7 Å². The molecule has 6 nitrogen and oxygen atoms in total. The van der Waals surface area contributed by atoms with Crippen LogP contribution in [0.1, 0.15) is 13.3 Å². The zero-order valence-corrected chi connectivity index (χ0v) is 17.3. The van der Waals surface area contributed by atoms with Crippen molar-refractivity contribution in [2.45, 2.75) is 19.4 Å². The van der Waals surface area contributed by atoms with Crippen LogP contribution in [0, 0.1) is 5.82 Å². The number of hydrogen-bond donors (Lipinski definition) is 1. The zero-order valence-electron chi connectivity index (χ0n) is 16.5. The van der Waals surface area contributed by atoms with Crippen LogP contribution in [-0.2, 0) is 9.59 Å². The maximum absolute atomic E-state index is 13.1. The summed E-state index contributed by atoms with van der Waals surface area (Å²) >= 11 is 5.52. The minimum Gasteiger partial charge on any atom is -0.494 e. The summed E-state index contributed by atoms with van der Waals surface area (Å²) in [5, 5.41) is 2.99. The van der Waals surface area contributed by atoms with Gasteiger partial charge in [-0.25, -0.2) is 4.39 Å². The molecule has 8 heteroatoms. The Labute approximate surface area is 179 Å². The molecule has 1 unspecified atom stereocenters. The van der Waals surface area contributed by atoms with E-state index in [1.54, 1.807) is 35.2 Å². The minimum atomic E-state index is -0.762. The summed E-state index contributed by atoms with van der Waals surface area (Å²) in [6.45, 7) is 6.48. The van der Waals surface area contributed by atoms with E-state index in [1.165, 1.54) is 29.2 Å². The fourth-order valence-electron chi connectivity index (χ4n) is 3.20. The molecule has 1 aliphatic rings. The van der Waals surface area contributed by atoms with Gasteiger partial charge in [0.1, 0.15) is 17.6 Å². The summed E-state index contributed by atoms with van der Waals surface area (Å²) in [4.78, 5) is 28.8. The lowest BCUT2D eigenvalue weighted by Gasteiger charge is -2.22. The second kappa shape index (κ2) is 9.49. The average Bonchev–Trinajstić information content (AvgIpc) is 2.95. The highest BCUT2D eigenvalue weighted by molar-refractivity contribution is 7.80. The molecule has 0 aliphatic carbocycles. The minimum absolute atomic E-state index is 0.0995. The van der Waals surface area contributed by atoms with Gasteiger partial charge in [-0.1, -0.05) is 6.08 Å². The number of benzene rings is 2. The fraction of sp³-hybridized carbons (Fsp3) is 0.227. The highest BCUT2D eigenvalue weighted by Gasteiger charge is 2.43. The van der Waals surface area contributed by atoms with Crippen molar-refractivity contribution >= 4 is 40.5 Å². The number of amides is 2. The Morgan fingerprint density at radius 3 is 2.50 bits per heavy atom. The monoisotopic (exact) mass is 427 g/mol. The summed E-state index contributed by atoms with van der Waals surface area (Å²) in [6.07, 6.45) is 1.53. The Hall–Kier alpha value is -3.26. The highest BCUT2D eigenvalue weighted by Crippen LogP contribution is 2.29. The number of carbonyl (C=O) groups is 2. The van der Waals surface area contributed by atoms with Crippen molar-refractivity contribution in [3.8, 4) is 5.75 Å². The van der Waals surface area contributed by atoms with E-state index >= 15 is 0 Å². The van der Waals surface area contributed by atoms with E-state index in [2.05, 4.69) is 11.9 Å². The lowest BCUT2D eigenvalue weighted by atomic mass is 10.1. The lowest BCUT2D eigenvalue weighted by molar-refractivity contribution is -0.124. The van der Waals surface area contributed by atoms with Gasteiger partial charge in [0, 0.05) is 12.2 Å². The Morgan fingerprint density at radius 1 is 1.23 bits per heavy atom. The molecule has 1 saturated heterocycles. The van der Waals surface area contributed by atoms with E-state index in [1.807, 2.05) is 6.92 Å². The Morgan fingerprint density at radius 2 is 1.90 bits per heavy atom. The average molecular weight is 428 g/mol. The van der Waals surface area contributed by atoms with Crippen LogP contribution in [0.15, 0.2) is 61.2 Å². The number of ether oxygens (including phenoxy) is 1. The molecule has 156 valence electrons. The van der Waals surface area contributed by atoms with Gasteiger partial charge in [-0.2, -0.15) is 0 Å². The molecule has 1 atom stereocenters. The van der Waals surface area contributed by atoms with E-state index in [-0.39, 0.29) is 18.2 Å². The van der Waals surface area contributed by atoms with E-state index in [0.717, 1.165) is 0 Å². The van der Waals surface area contributed by atoms with Gasteiger partial charge in [0.25, 0.3) is 5.91 Å². The van der Waals surface area contributed by atoms with Crippen LogP contribution in [0.4, 0.5) is 15.8 Å². The number of halogens is 1. The standard InChI is InChI=1S/C22H22FN3O3S/c1-3-13-25-19(14-20(27)24-16-7-5-15(23)6-8-16)21(28)26(22(25)30)17-9-11-18(12-10-17)29-4-2/h3,5-12,19H,1,4,13-14H2,2H3,(H,24,27). The predicted octanol–water partition coefficient (Wildman–Crippen LogP) is 3.74. The molecule has 0 spiro atoms. The first-order chi connectivity index (χ1) is 14.4. The predicted molar refractivity (Wildman–Crippen MR) is 118 cm³/mol. The number of nitrogens with one attached hydrogen (secondary N) is 1. The number of hydrogen-bond acceptors (Lipinski definition) is 4. The van der Waals surface area contributed by atoms with Gasteiger partial charge in [0.15, 0.2) is 5.11 Å². The molecule has 2 aromatic carbocycles. The molecule has 1 aliphatic heterocycles. The molecular formula is C22H22FN3O3S. The van der Waals surface area contributed by atoms with Crippen LogP contribution in [0.3, 0.4) is 0 Å². The first-order valence-electron chi connectivity index (χ1n) is 9.48. The van der Waals surface area contributed by atoms with Crippen molar-refractivity contribution < 1.29 is 18.7 Å². The molecule has 1 fully saturated rings. The van der Waals surface area contributed by atoms with Gasteiger partial charge in [-0.15, -0.1) is 6.58 Å². The number of rotatable bonds is 8. The Kier molecular flexibility index (Phi) is 6.79. The van der Waals surface area contributed by atoms with Crippen LogP contribution in [-0.4, -0.2) is 41.0 Å². The third-order valence-corrected chi connectivity index (χ3v) is 4.97. The highest BCUT2D eigenvalue weighted by atomic mass is 32.1. The maximum atomic E-state index is 13.1. The molecule has 3 rings (SSSR count). The molecule has 2 amide bonds. The Bertz CT molecular complexity index is 947. The summed E-state index contributed by atoms with van der Waals surface area (Å²) < 4.78 is 18.5. The normalized spacial score (nSPS) is 16.0. The van der Waals surface area contributed by atoms with Crippen molar-refractivity contribution in [1.29, 1.82) is 0 Å². The van der Waals surface area contributed by atoms with Crippen LogP contribution in [0.5, 0.6) is 5.75 Å². The van der Waals surface area contributed by atoms with Gasteiger partial charge < -0.3 is 15.0 Å². The molecule has 1 N–H and O–H groups in total. The van der Waals surface area contributed by atoms with Crippen molar-refractivity contribution in [2.75, 3.05) is 23.4 Å². The Balaban J connectivity index is 1.77. The van der Waals surface area contributed by atoms with Gasteiger partial charge >= 0.3 is 0 Å². The van der Waals surface area contributed by atoms with Crippen LogP contribution < -0.4 is 15.0 Å². The van der Waals surface area contributed by atoms with Crippen molar-refractivity contribution in [1.82, 2.24) is 4.90 Å². The number of carbonyl (C=O) groups excluding carboxylic acids is 2. The van der Waals surface area contributed by atoms with Gasteiger partial charge in [-0.3, -0.25) is 14.5 Å². The summed E-state index contributed by atoms with van der Waals surface area (Å²) in [7, 11) is 0. The molecule has 0 bridgehead atoms. The van der Waals surface area contributed by atoms with Gasteiger partial charge in [-0.05, 0) is 67.7 Å². The topological polar surface area (TPSA) is 61.9 Å². The quantitative estimate of drug-likeness (QED) is 0.514. The zero-order chi connectivity index (χ0) is 21.7. The third kappa shape index (κ3) is 4.65. The number of nitrogens with zero attached hydrogens (tertiary/aromatic N) is 2. The second-order valence-electron chi connectivity index (χ2n) is 6.60. The number of thiocarbonyl (C=S) groups is 1. The van der Waals surface area contributed by atoms with Gasteiger partial charge in [0.2, 0.25) is 5.91 Å². The fourth-order valence-corrected chi connectivity index (χ4v) is 3.59. The smallest absolute Gasteiger partial charge is 0.256 e. The van der Waals surface area contributed by atoms with Crippen LogP contribution in [0.2, 0.25) is 0 Å². The molecule has 0 saturated carbocycles. The molecule has 1 heterocycles. The van der Waals surface area contributed by atoms with Crippen molar-refractivity contribution in [2.24, 2.45) is 0 Å². The summed E-state index contributed by atoms with van der Waals surface area (Å²) in [5.41, 5.74) is 1.05.